The van der Waals surface area contributed by atoms with Gasteiger partial charge in [-0.2, -0.15) is 5.10 Å². The molecule has 5 heterocycles. The molecule has 2 aromatic carbocycles. The number of fused-ring (bicyclic) bond motifs is 2. The van der Waals surface area contributed by atoms with Gasteiger partial charge in [-0.05, 0) is 65.2 Å². The summed E-state index contributed by atoms with van der Waals surface area (Å²) in [6.45, 7) is 5.36. The average molecular weight is 832 g/mol. The summed E-state index contributed by atoms with van der Waals surface area (Å²) >= 11 is 3.38. The fraction of sp³-hybridized carbons (Fsp3) is 0.214. The van der Waals surface area contributed by atoms with Crippen molar-refractivity contribution in [2.75, 3.05) is 23.7 Å². The fourth-order valence-electron chi connectivity index (χ4n) is 5.98. The molecule has 7 aromatic rings. The van der Waals surface area contributed by atoms with Gasteiger partial charge in [-0.1, -0.05) is 51.0 Å². The molecule has 4 amide bonds. The second kappa shape index (κ2) is 18.8. The number of aromatic amines is 2. The van der Waals surface area contributed by atoms with Crippen LogP contribution in [-0.2, 0) is 7.05 Å². The van der Waals surface area contributed by atoms with Crippen LogP contribution in [0.5, 0.6) is 0 Å². The summed E-state index contributed by atoms with van der Waals surface area (Å²) in [5, 5.41) is 16.8. The number of carbonyl (C=O) groups is 4. The van der Waals surface area contributed by atoms with Crippen LogP contribution >= 0.6 is 15.9 Å². The molecule has 14 nitrogen and oxygen atoms in total. The number of aromatic nitrogens is 6. The first-order valence-electron chi connectivity index (χ1n) is 18.6. The molecule has 0 bridgehead atoms. The first kappa shape index (κ1) is 40.1. The summed E-state index contributed by atoms with van der Waals surface area (Å²) in [5.41, 5.74) is 6.29. The lowest BCUT2D eigenvalue weighted by molar-refractivity contribution is 0.103. The van der Waals surface area contributed by atoms with E-state index in [1.807, 2.05) is 25.4 Å². The Morgan fingerprint density at radius 1 is 0.684 bits per heavy atom. The number of H-pyrrole nitrogens is 2. The Kier molecular flexibility index (Phi) is 13.2. The minimum Gasteiger partial charge on any atom is -0.345 e. The molecule has 57 heavy (non-hydrogen) atoms. The van der Waals surface area contributed by atoms with Crippen LogP contribution in [0.15, 0.2) is 102 Å². The Morgan fingerprint density at radius 3 is 1.72 bits per heavy atom. The number of aryl methyl sites for hydroxylation is 1. The number of urea groups is 2. The van der Waals surface area contributed by atoms with Crippen molar-refractivity contribution < 1.29 is 19.2 Å². The van der Waals surface area contributed by atoms with Gasteiger partial charge in [0.1, 0.15) is 11.3 Å². The van der Waals surface area contributed by atoms with E-state index in [1.165, 1.54) is 0 Å². The molecule has 292 valence electrons. The van der Waals surface area contributed by atoms with E-state index in [1.54, 1.807) is 84.2 Å². The van der Waals surface area contributed by atoms with E-state index in [9.17, 15) is 19.2 Å². The average Bonchev–Trinajstić information content (AvgIpc) is 3.96. The summed E-state index contributed by atoms with van der Waals surface area (Å²) in [7, 11) is 1.85. The lowest BCUT2D eigenvalue weighted by Crippen LogP contribution is -2.29. The molecule has 0 saturated carbocycles. The number of hydrogen-bond donors (Lipinski definition) is 6. The highest BCUT2D eigenvalue weighted by molar-refractivity contribution is 9.10. The SMILES string of the molecule is CCCCNC(=O)Nc1cccc(C(=O)c2c[nH]c3ncc(-c4cnn(C)c4)cc23)c1.CCCCNC(=O)Nc1cccc(C(=O)c2c[nH]c3ncc(Br)cc23)c1. The third kappa shape index (κ3) is 10.2. The molecule has 15 heteroatoms. The van der Waals surface area contributed by atoms with E-state index in [0.717, 1.165) is 52.1 Å². The van der Waals surface area contributed by atoms with Gasteiger partial charge in [-0.25, -0.2) is 19.6 Å². The summed E-state index contributed by atoms with van der Waals surface area (Å²) in [6, 6.07) is 17.1. The number of hydrogen-bond acceptors (Lipinski definition) is 7. The lowest BCUT2D eigenvalue weighted by atomic mass is 10.0. The second-order valence-corrected chi connectivity index (χ2v) is 14.2. The van der Waals surface area contributed by atoms with Gasteiger partial charge < -0.3 is 31.2 Å². The monoisotopic (exact) mass is 830 g/mol. The number of unbranched alkanes of at least 4 members (excludes halogenated alkanes) is 2. The van der Waals surface area contributed by atoms with Crippen molar-refractivity contribution in [3.63, 3.8) is 0 Å². The van der Waals surface area contributed by atoms with E-state index in [4.69, 9.17) is 0 Å². The van der Waals surface area contributed by atoms with Crippen molar-refractivity contribution in [2.45, 2.75) is 39.5 Å². The topological polar surface area (TPSA) is 192 Å². The van der Waals surface area contributed by atoms with Gasteiger partial charge in [0.15, 0.2) is 11.6 Å². The van der Waals surface area contributed by atoms with Crippen LogP contribution in [0.3, 0.4) is 0 Å². The Morgan fingerprint density at radius 2 is 1.21 bits per heavy atom. The first-order valence-corrected chi connectivity index (χ1v) is 19.4. The zero-order valence-corrected chi connectivity index (χ0v) is 33.4. The van der Waals surface area contributed by atoms with Crippen molar-refractivity contribution in [3.05, 3.63) is 125 Å². The molecule has 0 aliphatic carbocycles. The third-order valence-electron chi connectivity index (χ3n) is 8.95. The number of nitrogens with one attached hydrogen (secondary N) is 6. The minimum absolute atomic E-state index is 0.133. The molecular formula is C42H43BrN10O4. The van der Waals surface area contributed by atoms with Gasteiger partial charge >= 0.3 is 12.1 Å². The highest BCUT2D eigenvalue weighted by Crippen LogP contribution is 2.27. The van der Waals surface area contributed by atoms with Gasteiger partial charge in [-0.15, -0.1) is 0 Å². The maximum absolute atomic E-state index is 13.2. The fourth-order valence-corrected chi connectivity index (χ4v) is 6.31. The number of amides is 4. The Balaban J connectivity index is 0.000000196. The molecular weight excluding hydrogens is 788 g/mol. The van der Waals surface area contributed by atoms with Crippen molar-refractivity contribution in [3.8, 4) is 11.1 Å². The number of rotatable bonds is 13. The summed E-state index contributed by atoms with van der Waals surface area (Å²) in [6.07, 6.45) is 14.3. The molecule has 0 aliphatic heterocycles. The standard InChI is InChI=1S/C23H24N6O2.C19H19BrN4O2/c1-3-4-8-24-23(31)28-18-7-5-6-15(9-18)21(30)20-13-26-22-19(20)10-16(11-25-22)17-12-27-29(2)14-17;1-2-3-7-21-19(26)24-14-6-4-5-12(8-14)17(25)16-11-23-18-15(16)9-13(20)10-22-18/h5-7,9-14H,3-4,8H2,1-2H3,(H,25,26)(H2,24,28,31);4-6,8-11H,2-3,7H2,1H3,(H,22,23)(H2,21,24,26). The maximum Gasteiger partial charge on any atom is 0.319 e. The Hall–Kier alpha value is -6.61. The number of pyridine rings is 2. The Labute approximate surface area is 337 Å². The maximum atomic E-state index is 13.2. The molecule has 0 aliphatic rings. The van der Waals surface area contributed by atoms with E-state index >= 15 is 0 Å². The van der Waals surface area contributed by atoms with Gasteiger partial charge in [0.05, 0.1) is 6.20 Å². The van der Waals surface area contributed by atoms with Crippen molar-refractivity contribution in [2.24, 2.45) is 7.05 Å². The summed E-state index contributed by atoms with van der Waals surface area (Å²) < 4.78 is 2.53. The van der Waals surface area contributed by atoms with Crippen molar-refractivity contribution >= 4 is 73.0 Å². The summed E-state index contributed by atoms with van der Waals surface area (Å²) in [5.74, 6) is -0.280. The number of anilines is 2. The molecule has 0 spiro atoms. The zero-order valence-electron chi connectivity index (χ0n) is 31.8. The number of benzene rings is 2. The van der Waals surface area contributed by atoms with Crippen molar-refractivity contribution in [1.29, 1.82) is 0 Å². The largest absolute Gasteiger partial charge is 0.345 e. The van der Waals surface area contributed by atoms with Crippen LogP contribution in [0.25, 0.3) is 33.2 Å². The van der Waals surface area contributed by atoms with Gasteiger partial charge in [-0.3, -0.25) is 14.3 Å². The van der Waals surface area contributed by atoms with E-state index in [-0.39, 0.29) is 23.6 Å². The highest BCUT2D eigenvalue weighted by atomic mass is 79.9. The van der Waals surface area contributed by atoms with Gasteiger partial charge in [0, 0.05) is 111 Å². The van der Waals surface area contributed by atoms with Gasteiger partial charge in [0.25, 0.3) is 0 Å². The minimum atomic E-state index is -0.282. The predicted molar refractivity (Wildman–Crippen MR) is 226 cm³/mol. The molecule has 6 N–H and O–H groups in total. The molecule has 0 saturated heterocycles. The normalized spacial score (nSPS) is 10.8. The predicted octanol–water partition coefficient (Wildman–Crippen LogP) is 8.59. The van der Waals surface area contributed by atoms with Crippen LogP contribution in [-0.4, -0.2) is 66.4 Å². The van der Waals surface area contributed by atoms with Crippen LogP contribution in [0.1, 0.15) is 71.4 Å². The van der Waals surface area contributed by atoms with Gasteiger partial charge in [0.2, 0.25) is 0 Å². The highest BCUT2D eigenvalue weighted by Gasteiger charge is 2.18. The Bertz CT molecular complexity index is 2540. The third-order valence-corrected chi connectivity index (χ3v) is 9.39. The van der Waals surface area contributed by atoms with Crippen LogP contribution < -0.4 is 21.3 Å². The van der Waals surface area contributed by atoms with E-state index in [0.29, 0.717) is 58.0 Å². The molecule has 7 rings (SSSR count). The lowest BCUT2D eigenvalue weighted by Gasteiger charge is -2.08. The van der Waals surface area contributed by atoms with E-state index in [2.05, 4.69) is 76.1 Å². The number of carbonyl (C=O) groups excluding carboxylic acids is 4. The summed E-state index contributed by atoms with van der Waals surface area (Å²) in [4.78, 5) is 64.8. The number of halogens is 1. The smallest absolute Gasteiger partial charge is 0.319 e. The van der Waals surface area contributed by atoms with E-state index < -0.39 is 0 Å². The molecule has 0 fully saturated rings. The van der Waals surface area contributed by atoms with Crippen LogP contribution in [0, 0.1) is 0 Å². The molecule has 0 unspecified atom stereocenters. The first-order chi connectivity index (χ1) is 27.6. The number of nitrogens with zero attached hydrogens (tertiary/aromatic N) is 4. The van der Waals surface area contributed by atoms with Crippen LogP contribution in [0.2, 0.25) is 0 Å². The van der Waals surface area contributed by atoms with Crippen LogP contribution in [0.4, 0.5) is 21.0 Å². The second-order valence-electron chi connectivity index (χ2n) is 13.3. The quantitative estimate of drug-likeness (QED) is 0.0495. The molecule has 5 aromatic heterocycles. The number of ketones is 2. The molecule has 0 radical (unpaired) electrons. The molecule has 0 atom stereocenters. The zero-order chi connectivity index (χ0) is 40.3. The van der Waals surface area contributed by atoms with Crippen molar-refractivity contribution in [1.82, 2.24) is 40.3 Å².